The van der Waals surface area contributed by atoms with Gasteiger partial charge in [-0.2, -0.15) is 13.2 Å². The Labute approximate surface area is 140 Å². The lowest BCUT2D eigenvalue weighted by Gasteiger charge is -2.39. The molecule has 2 aromatic rings. The number of hydrogen-bond acceptors (Lipinski definition) is 3. The number of likely N-dealkylation sites (tertiary alicyclic amines) is 1. The number of carbonyl (C=O) groups excluding carboxylic acids is 1. The van der Waals surface area contributed by atoms with E-state index in [2.05, 4.69) is 4.98 Å². The molecule has 1 fully saturated rings. The van der Waals surface area contributed by atoms with Gasteiger partial charge in [-0.1, -0.05) is 23.7 Å². The summed E-state index contributed by atoms with van der Waals surface area (Å²) < 4.78 is 44.0. The standard InChI is InChI=1S/C16H12ClF3N2O2/c17-13-6-2-1-4-11(13)15(23)22-8-10(9-22)24-14-12(16(18,19)20)5-3-7-21-14/h1-7,10H,8-9H2. The lowest BCUT2D eigenvalue weighted by atomic mass is 10.1. The number of nitrogens with zero attached hydrogens (tertiary/aromatic N) is 2. The fourth-order valence-electron chi connectivity index (χ4n) is 2.34. The van der Waals surface area contributed by atoms with Crippen molar-refractivity contribution < 1.29 is 22.7 Å². The summed E-state index contributed by atoms with van der Waals surface area (Å²) in [5.41, 5.74) is -0.577. The van der Waals surface area contributed by atoms with E-state index in [9.17, 15) is 18.0 Å². The Hall–Kier alpha value is -2.28. The first-order valence-electron chi connectivity index (χ1n) is 7.09. The second-order valence-corrected chi connectivity index (χ2v) is 5.69. The largest absolute Gasteiger partial charge is 0.470 e. The molecule has 3 rings (SSSR count). The molecule has 0 atom stereocenters. The van der Waals surface area contributed by atoms with E-state index in [0.29, 0.717) is 10.6 Å². The van der Waals surface area contributed by atoms with Crippen LogP contribution in [-0.2, 0) is 6.18 Å². The molecule has 24 heavy (non-hydrogen) atoms. The van der Waals surface area contributed by atoms with Crippen LogP contribution in [-0.4, -0.2) is 35.0 Å². The molecule has 0 N–H and O–H groups in total. The molecule has 126 valence electrons. The highest BCUT2D eigenvalue weighted by molar-refractivity contribution is 6.33. The van der Waals surface area contributed by atoms with Crippen LogP contribution in [0.5, 0.6) is 5.88 Å². The molecule has 1 aliphatic rings. The lowest BCUT2D eigenvalue weighted by molar-refractivity contribution is -0.140. The first-order valence-corrected chi connectivity index (χ1v) is 7.46. The molecular weight excluding hydrogens is 345 g/mol. The number of pyridine rings is 1. The van der Waals surface area contributed by atoms with Crippen molar-refractivity contribution in [3.63, 3.8) is 0 Å². The van der Waals surface area contributed by atoms with Crippen molar-refractivity contribution in [1.29, 1.82) is 0 Å². The molecule has 2 heterocycles. The molecule has 1 aromatic heterocycles. The normalized spacial score (nSPS) is 15.1. The number of ether oxygens (including phenoxy) is 1. The van der Waals surface area contributed by atoms with Crippen molar-refractivity contribution in [2.24, 2.45) is 0 Å². The summed E-state index contributed by atoms with van der Waals surface area (Å²) in [6.07, 6.45) is -3.84. The van der Waals surface area contributed by atoms with Gasteiger partial charge in [-0.15, -0.1) is 0 Å². The fourth-order valence-corrected chi connectivity index (χ4v) is 2.56. The number of aromatic nitrogens is 1. The van der Waals surface area contributed by atoms with Crippen molar-refractivity contribution in [3.05, 3.63) is 58.7 Å². The van der Waals surface area contributed by atoms with E-state index < -0.39 is 23.7 Å². The van der Waals surface area contributed by atoms with Gasteiger partial charge in [0.2, 0.25) is 5.88 Å². The van der Waals surface area contributed by atoms with E-state index in [-0.39, 0.29) is 19.0 Å². The molecular formula is C16H12ClF3N2O2. The number of alkyl halides is 3. The number of hydrogen-bond donors (Lipinski definition) is 0. The first kappa shape index (κ1) is 16.6. The van der Waals surface area contributed by atoms with Crippen molar-refractivity contribution >= 4 is 17.5 Å². The number of rotatable bonds is 3. The minimum atomic E-state index is -4.54. The topological polar surface area (TPSA) is 42.4 Å². The maximum atomic E-state index is 12.9. The highest BCUT2D eigenvalue weighted by Crippen LogP contribution is 2.35. The summed E-state index contributed by atoms with van der Waals surface area (Å²) in [6, 6.07) is 8.71. The van der Waals surface area contributed by atoms with Crippen LogP contribution in [0.15, 0.2) is 42.6 Å². The molecule has 0 unspecified atom stereocenters. The highest BCUT2D eigenvalue weighted by atomic mass is 35.5. The van der Waals surface area contributed by atoms with Gasteiger partial charge >= 0.3 is 6.18 Å². The van der Waals surface area contributed by atoms with E-state index in [1.165, 1.54) is 17.2 Å². The minimum Gasteiger partial charge on any atom is -0.470 e. The van der Waals surface area contributed by atoms with Gasteiger partial charge in [0.15, 0.2) is 0 Å². The van der Waals surface area contributed by atoms with Gasteiger partial charge in [0.05, 0.1) is 23.7 Å². The Morgan fingerprint density at radius 3 is 2.58 bits per heavy atom. The van der Waals surface area contributed by atoms with Crippen molar-refractivity contribution in [2.45, 2.75) is 12.3 Å². The van der Waals surface area contributed by atoms with Crippen LogP contribution in [0.4, 0.5) is 13.2 Å². The second kappa shape index (κ2) is 6.32. The molecule has 0 saturated carbocycles. The van der Waals surface area contributed by atoms with E-state index >= 15 is 0 Å². The third kappa shape index (κ3) is 3.31. The highest BCUT2D eigenvalue weighted by Gasteiger charge is 2.38. The quantitative estimate of drug-likeness (QED) is 0.843. The third-order valence-corrected chi connectivity index (χ3v) is 3.92. The van der Waals surface area contributed by atoms with Crippen LogP contribution in [0.3, 0.4) is 0 Å². The van der Waals surface area contributed by atoms with Crippen LogP contribution in [0.2, 0.25) is 5.02 Å². The minimum absolute atomic E-state index is 0.178. The maximum absolute atomic E-state index is 12.9. The third-order valence-electron chi connectivity index (χ3n) is 3.59. The molecule has 0 radical (unpaired) electrons. The van der Waals surface area contributed by atoms with Crippen LogP contribution in [0.1, 0.15) is 15.9 Å². The predicted octanol–water partition coefficient (Wildman–Crippen LogP) is 3.66. The summed E-state index contributed by atoms with van der Waals surface area (Å²) in [7, 11) is 0. The Balaban J connectivity index is 1.64. The average molecular weight is 357 g/mol. The Morgan fingerprint density at radius 1 is 1.21 bits per heavy atom. The van der Waals surface area contributed by atoms with E-state index in [4.69, 9.17) is 16.3 Å². The Kier molecular flexibility index (Phi) is 4.36. The van der Waals surface area contributed by atoms with E-state index in [0.717, 1.165) is 6.07 Å². The second-order valence-electron chi connectivity index (χ2n) is 5.28. The van der Waals surface area contributed by atoms with E-state index in [1.54, 1.807) is 24.3 Å². The van der Waals surface area contributed by atoms with Gasteiger partial charge in [0.25, 0.3) is 5.91 Å². The van der Waals surface area contributed by atoms with Crippen LogP contribution in [0.25, 0.3) is 0 Å². The molecule has 1 amide bonds. The van der Waals surface area contributed by atoms with Gasteiger partial charge in [-0.25, -0.2) is 4.98 Å². The Bertz CT molecular complexity index is 761. The predicted molar refractivity (Wildman–Crippen MR) is 81.0 cm³/mol. The number of carbonyl (C=O) groups is 1. The number of benzene rings is 1. The van der Waals surface area contributed by atoms with Crippen molar-refractivity contribution in [1.82, 2.24) is 9.88 Å². The molecule has 0 aliphatic carbocycles. The molecule has 1 saturated heterocycles. The molecule has 4 nitrogen and oxygen atoms in total. The first-order chi connectivity index (χ1) is 11.4. The van der Waals surface area contributed by atoms with Gasteiger partial charge in [-0.05, 0) is 24.3 Å². The van der Waals surface area contributed by atoms with E-state index in [1.807, 2.05) is 0 Å². The van der Waals surface area contributed by atoms with Crippen molar-refractivity contribution in [2.75, 3.05) is 13.1 Å². The summed E-state index contributed by atoms with van der Waals surface area (Å²) in [5, 5.41) is 0.330. The summed E-state index contributed by atoms with van der Waals surface area (Å²) in [4.78, 5) is 17.4. The molecule has 0 spiro atoms. The summed E-state index contributed by atoms with van der Waals surface area (Å²) >= 11 is 5.97. The molecule has 8 heteroatoms. The van der Waals surface area contributed by atoms with Gasteiger partial charge in [0.1, 0.15) is 11.7 Å². The molecule has 0 bridgehead atoms. The molecule has 1 aromatic carbocycles. The lowest BCUT2D eigenvalue weighted by Crippen LogP contribution is -2.56. The zero-order chi connectivity index (χ0) is 17.3. The van der Waals surface area contributed by atoms with Gasteiger partial charge < -0.3 is 9.64 Å². The van der Waals surface area contributed by atoms with Crippen molar-refractivity contribution in [3.8, 4) is 5.88 Å². The van der Waals surface area contributed by atoms with Gasteiger partial charge in [-0.3, -0.25) is 4.79 Å². The SMILES string of the molecule is O=C(c1ccccc1Cl)N1CC(Oc2ncccc2C(F)(F)F)C1. The molecule has 1 aliphatic heterocycles. The average Bonchev–Trinajstić information content (AvgIpc) is 2.50. The number of amides is 1. The smallest absolute Gasteiger partial charge is 0.421 e. The van der Waals surface area contributed by atoms with Gasteiger partial charge in [0, 0.05) is 6.20 Å². The monoisotopic (exact) mass is 356 g/mol. The van der Waals surface area contributed by atoms with Crippen LogP contribution in [0, 0.1) is 0 Å². The fraction of sp³-hybridized carbons (Fsp3) is 0.250. The maximum Gasteiger partial charge on any atom is 0.421 e. The van der Waals surface area contributed by atoms with Crippen LogP contribution >= 0.6 is 11.6 Å². The number of halogens is 4. The zero-order valence-electron chi connectivity index (χ0n) is 12.3. The summed E-state index contributed by atoms with van der Waals surface area (Å²) in [5.74, 6) is -0.752. The van der Waals surface area contributed by atoms with Crippen LogP contribution < -0.4 is 4.74 Å². The Morgan fingerprint density at radius 2 is 1.92 bits per heavy atom. The summed E-state index contributed by atoms with van der Waals surface area (Å²) in [6.45, 7) is 0.357. The zero-order valence-corrected chi connectivity index (χ0v) is 13.0.